The summed E-state index contributed by atoms with van der Waals surface area (Å²) in [7, 11) is 0. The van der Waals surface area contributed by atoms with Crippen LogP contribution in [0.25, 0.3) is 10.2 Å². The van der Waals surface area contributed by atoms with Gasteiger partial charge in [-0.3, -0.25) is 4.79 Å². The number of benzene rings is 1. The van der Waals surface area contributed by atoms with Gasteiger partial charge >= 0.3 is 0 Å². The monoisotopic (exact) mass is 403 g/mol. The van der Waals surface area contributed by atoms with Crippen LogP contribution >= 0.6 is 27.3 Å². The molecule has 1 aliphatic heterocycles. The summed E-state index contributed by atoms with van der Waals surface area (Å²) in [6, 6.07) is 9.39. The van der Waals surface area contributed by atoms with Crippen molar-refractivity contribution in [2.75, 3.05) is 13.1 Å². The Morgan fingerprint density at radius 3 is 3.12 bits per heavy atom. The van der Waals surface area contributed by atoms with Gasteiger partial charge in [-0.05, 0) is 46.3 Å². The van der Waals surface area contributed by atoms with E-state index in [-0.39, 0.29) is 12.0 Å². The van der Waals surface area contributed by atoms with E-state index < -0.39 is 0 Å². The number of pyridine rings is 1. The Kier molecular flexibility index (Phi) is 4.20. The average Bonchev–Trinajstić information content (AvgIpc) is 3.24. The molecule has 0 spiro atoms. The van der Waals surface area contributed by atoms with Gasteiger partial charge in [0, 0.05) is 24.7 Å². The number of aromatic nitrogens is 2. The molecule has 0 N–H and O–H groups in total. The van der Waals surface area contributed by atoms with E-state index in [0.29, 0.717) is 24.5 Å². The van der Waals surface area contributed by atoms with Gasteiger partial charge in [-0.25, -0.2) is 9.97 Å². The summed E-state index contributed by atoms with van der Waals surface area (Å²) in [6.07, 6.45) is 2.46. The zero-order valence-electron chi connectivity index (χ0n) is 12.7. The first-order chi connectivity index (χ1) is 11.7. The largest absolute Gasteiger partial charge is 0.472 e. The molecule has 1 aliphatic rings. The van der Waals surface area contributed by atoms with E-state index in [0.717, 1.165) is 21.1 Å². The smallest absolute Gasteiger partial charge is 0.254 e. The summed E-state index contributed by atoms with van der Waals surface area (Å²) >= 11 is 4.98. The number of rotatable bonds is 3. The Hall–Kier alpha value is -1.99. The molecule has 1 saturated heterocycles. The molecule has 3 heterocycles. The second-order valence-electron chi connectivity index (χ2n) is 5.60. The molecule has 122 valence electrons. The highest BCUT2D eigenvalue weighted by Gasteiger charge is 2.29. The predicted octanol–water partition coefficient (Wildman–Crippen LogP) is 3.75. The summed E-state index contributed by atoms with van der Waals surface area (Å²) in [5.74, 6) is 0.611. The minimum atomic E-state index is -0.0349. The Balaban J connectivity index is 1.46. The van der Waals surface area contributed by atoms with E-state index in [1.165, 1.54) is 0 Å². The lowest BCUT2D eigenvalue weighted by Gasteiger charge is -2.17. The van der Waals surface area contributed by atoms with Crippen LogP contribution in [0.2, 0.25) is 0 Å². The Morgan fingerprint density at radius 2 is 2.25 bits per heavy atom. The molecule has 7 heteroatoms. The van der Waals surface area contributed by atoms with E-state index in [2.05, 4.69) is 25.9 Å². The van der Waals surface area contributed by atoms with E-state index >= 15 is 0 Å². The van der Waals surface area contributed by atoms with Gasteiger partial charge in [0.15, 0.2) is 0 Å². The molecule has 3 aromatic rings. The minimum absolute atomic E-state index is 0.0349. The van der Waals surface area contributed by atoms with E-state index in [4.69, 9.17) is 4.74 Å². The lowest BCUT2D eigenvalue weighted by Crippen LogP contribution is -2.31. The van der Waals surface area contributed by atoms with Crippen LogP contribution in [0.1, 0.15) is 16.8 Å². The Morgan fingerprint density at radius 1 is 1.33 bits per heavy atom. The standard InChI is InChI=1S/C17H14BrN3O2S/c18-13-2-1-6-19-16(13)23-12-5-7-21(9-12)17(22)11-3-4-14-15(8-11)24-10-20-14/h1-4,6,8,10,12H,5,7,9H2. The SMILES string of the molecule is O=C(c1ccc2ncsc2c1)N1CCC(Oc2ncccc2Br)C1. The number of thiazole rings is 1. The molecule has 1 aromatic carbocycles. The van der Waals surface area contributed by atoms with Gasteiger partial charge in [0.05, 0.1) is 26.7 Å². The maximum absolute atomic E-state index is 12.7. The number of carbonyl (C=O) groups excluding carboxylic acids is 1. The zero-order chi connectivity index (χ0) is 16.5. The number of hydrogen-bond donors (Lipinski definition) is 0. The van der Waals surface area contributed by atoms with Gasteiger partial charge in [0.2, 0.25) is 5.88 Å². The number of carbonyl (C=O) groups is 1. The van der Waals surface area contributed by atoms with Crippen LogP contribution in [0.3, 0.4) is 0 Å². The molecule has 0 saturated carbocycles. The van der Waals surface area contributed by atoms with Crippen molar-refractivity contribution in [1.29, 1.82) is 0 Å². The summed E-state index contributed by atoms with van der Waals surface area (Å²) in [5.41, 5.74) is 3.43. The Bertz CT molecular complexity index is 898. The first kappa shape index (κ1) is 15.5. The van der Waals surface area contributed by atoms with Gasteiger partial charge in [-0.2, -0.15) is 0 Å². The van der Waals surface area contributed by atoms with E-state index in [1.54, 1.807) is 23.0 Å². The van der Waals surface area contributed by atoms with Crippen LogP contribution in [-0.4, -0.2) is 40.0 Å². The fourth-order valence-electron chi connectivity index (χ4n) is 2.80. The van der Waals surface area contributed by atoms with Gasteiger partial charge < -0.3 is 9.64 Å². The average molecular weight is 404 g/mol. The maximum atomic E-state index is 12.7. The highest BCUT2D eigenvalue weighted by atomic mass is 79.9. The fourth-order valence-corrected chi connectivity index (χ4v) is 3.86. The fraction of sp³-hybridized carbons (Fsp3) is 0.235. The van der Waals surface area contributed by atoms with Crippen LogP contribution in [0, 0.1) is 0 Å². The summed E-state index contributed by atoms with van der Waals surface area (Å²) in [4.78, 5) is 23.0. The molecule has 0 radical (unpaired) electrons. The molecule has 0 bridgehead atoms. The molecular formula is C17H14BrN3O2S. The molecular weight excluding hydrogens is 390 g/mol. The van der Waals surface area contributed by atoms with Gasteiger partial charge in [0.25, 0.3) is 5.91 Å². The second-order valence-corrected chi connectivity index (χ2v) is 7.35. The molecule has 1 atom stereocenters. The topological polar surface area (TPSA) is 55.3 Å². The van der Waals surface area contributed by atoms with Gasteiger partial charge in [-0.1, -0.05) is 0 Å². The molecule has 1 amide bonds. The van der Waals surface area contributed by atoms with Crippen molar-refractivity contribution < 1.29 is 9.53 Å². The minimum Gasteiger partial charge on any atom is -0.472 e. The van der Waals surface area contributed by atoms with Crippen LogP contribution in [0.5, 0.6) is 5.88 Å². The van der Waals surface area contributed by atoms with Crippen LogP contribution in [0.15, 0.2) is 46.5 Å². The lowest BCUT2D eigenvalue weighted by molar-refractivity contribution is 0.0771. The summed E-state index contributed by atoms with van der Waals surface area (Å²) in [5, 5.41) is 0. The number of hydrogen-bond acceptors (Lipinski definition) is 5. The molecule has 1 fully saturated rings. The summed E-state index contributed by atoms with van der Waals surface area (Å²) in [6.45, 7) is 1.26. The number of likely N-dealkylation sites (tertiary alicyclic amines) is 1. The lowest BCUT2D eigenvalue weighted by atomic mass is 10.2. The van der Waals surface area contributed by atoms with Crippen molar-refractivity contribution in [2.24, 2.45) is 0 Å². The van der Waals surface area contributed by atoms with Crippen molar-refractivity contribution in [2.45, 2.75) is 12.5 Å². The number of amides is 1. The number of fused-ring (bicyclic) bond motifs is 1. The van der Waals surface area contributed by atoms with Gasteiger partial charge in [0.1, 0.15) is 6.10 Å². The van der Waals surface area contributed by atoms with Crippen molar-refractivity contribution in [3.63, 3.8) is 0 Å². The first-order valence-corrected chi connectivity index (χ1v) is 9.27. The van der Waals surface area contributed by atoms with Crippen LogP contribution in [0.4, 0.5) is 0 Å². The first-order valence-electron chi connectivity index (χ1n) is 7.60. The predicted molar refractivity (Wildman–Crippen MR) is 96.5 cm³/mol. The third kappa shape index (κ3) is 3.01. The quantitative estimate of drug-likeness (QED) is 0.667. The third-order valence-corrected chi connectivity index (χ3v) is 5.41. The summed E-state index contributed by atoms with van der Waals surface area (Å²) < 4.78 is 7.78. The van der Waals surface area contributed by atoms with Crippen molar-refractivity contribution in [3.8, 4) is 5.88 Å². The highest BCUT2D eigenvalue weighted by molar-refractivity contribution is 9.10. The molecule has 1 unspecified atom stereocenters. The van der Waals surface area contributed by atoms with Crippen molar-refractivity contribution in [3.05, 3.63) is 52.1 Å². The Labute approximate surface area is 151 Å². The molecule has 5 nitrogen and oxygen atoms in total. The van der Waals surface area contributed by atoms with Gasteiger partial charge in [-0.15, -0.1) is 11.3 Å². The second kappa shape index (κ2) is 6.49. The third-order valence-electron chi connectivity index (χ3n) is 4.01. The van der Waals surface area contributed by atoms with E-state index in [1.807, 2.05) is 35.2 Å². The number of nitrogens with zero attached hydrogens (tertiary/aromatic N) is 3. The normalized spacial score (nSPS) is 17.4. The zero-order valence-corrected chi connectivity index (χ0v) is 15.1. The highest BCUT2D eigenvalue weighted by Crippen LogP contribution is 2.26. The molecule has 2 aromatic heterocycles. The number of halogens is 1. The van der Waals surface area contributed by atoms with Crippen molar-refractivity contribution in [1.82, 2.24) is 14.9 Å². The molecule has 0 aliphatic carbocycles. The molecule has 24 heavy (non-hydrogen) atoms. The van der Waals surface area contributed by atoms with E-state index in [9.17, 15) is 4.79 Å². The van der Waals surface area contributed by atoms with Crippen molar-refractivity contribution >= 4 is 43.4 Å². The van der Waals surface area contributed by atoms with Crippen LogP contribution in [-0.2, 0) is 0 Å². The number of ether oxygens (including phenoxy) is 1. The maximum Gasteiger partial charge on any atom is 0.254 e. The molecule has 4 rings (SSSR count). The van der Waals surface area contributed by atoms with Crippen LogP contribution < -0.4 is 4.74 Å².